The molecule has 0 amide bonds. The third-order valence-electron chi connectivity index (χ3n) is 1.88. The summed E-state index contributed by atoms with van der Waals surface area (Å²) in [6.45, 7) is 1.92. The summed E-state index contributed by atoms with van der Waals surface area (Å²) in [7, 11) is 3.64. The Hall–Kier alpha value is -1.92. The van der Waals surface area contributed by atoms with Gasteiger partial charge in [0.05, 0.1) is 11.4 Å². The van der Waals surface area contributed by atoms with E-state index >= 15 is 0 Å². The number of rotatable bonds is 2. The van der Waals surface area contributed by atoms with Gasteiger partial charge in [0.25, 0.3) is 0 Å². The SMILES string of the molecule is Cc1nn(C)cc1Nc1nnnn1C. The van der Waals surface area contributed by atoms with Crippen LogP contribution in [0.5, 0.6) is 0 Å². The molecule has 0 radical (unpaired) electrons. The standard InChI is InChI=1S/C7H11N7/c1-5-6(4-13(2)10-5)8-7-9-11-12-14(7)3/h4H,1-3H3,(H,8,9,12). The Morgan fingerprint density at radius 1 is 1.36 bits per heavy atom. The van der Waals surface area contributed by atoms with Gasteiger partial charge in [0.15, 0.2) is 0 Å². The molecule has 7 heteroatoms. The Kier molecular flexibility index (Phi) is 1.91. The van der Waals surface area contributed by atoms with Crippen LogP contribution >= 0.6 is 0 Å². The van der Waals surface area contributed by atoms with Crippen molar-refractivity contribution in [2.24, 2.45) is 14.1 Å². The summed E-state index contributed by atoms with van der Waals surface area (Å²) in [6.07, 6.45) is 1.88. The van der Waals surface area contributed by atoms with Crippen LogP contribution in [0, 0.1) is 6.92 Å². The molecule has 0 atom stereocenters. The van der Waals surface area contributed by atoms with Gasteiger partial charge in [-0.25, -0.2) is 4.68 Å². The first-order valence-corrected chi connectivity index (χ1v) is 4.16. The second kappa shape index (κ2) is 3.09. The highest BCUT2D eigenvalue weighted by molar-refractivity contribution is 5.54. The van der Waals surface area contributed by atoms with E-state index in [4.69, 9.17) is 0 Å². The monoisotopic (exact) mass is 193 g/mol. The molecule has 0 bridgehead atoms. The molecule has 0 saturated carbocycles. The summed E-state index contributed by atoms with van der Waals surface area (Å²) in [6, 6.07) is 0. The highest BCUT2D eigenvalue weighted by Crippen LogP contribution is 2.15. The average Bonchev–Trinajstić information content (AvgIpc) is 2.62. The number of hydrogen-bond acceptors (Lipinski definition) is 5. The predicted molar refractivity (Wildman–Crippen MR) is 50.0 cm³/mol. The minimum atomic E-state index is 0.598. The number of aromatic nitrogens is 6. The van der Waals surface area contributed by atoms with Crippen molar-refractivity contribution in [1.29, 1.82) is 0 Å². The van der Waals surface area contributed by atoms with E-state index in [1.165, 1.54) is 0 Å². The highest BCUT2D eigenvalue weighted by Gasteiger charge is 2.06. The molecule has 2 heterocycles. The van der Waals surface area contributed by atoms with E-state index in [-0.39, 0.29) is 0 Å². The minimum Gasteiger partial charge on any atom is -0.320 e. The highest BCUT2D eigenvalue weighted by atomic mass is 15.6. The molecule has 7 nitrogen and oxygen atoms in total. The molecule has 0 fully saturated rings. The largest absolute Gasteiger partial charge is 0.320 e. The molecule has 1 N–H and O–H groups in total. The fourth-order valence-corrected chi connectivity index (χ4v) is 1.18. The summed E-state index contributed by atoms with van der Waals surface area (Å²) in [5.41, 5.74) is 1.82. The number of nitrogens with one attached hydrogen (secondary N) is 1. The van der Waals surface area contributed by atoms with Crippen LogP contribution in [-0.4, -0.2) is 30.0 Å². The van der Waals surface area contributed by atoms with E-state index in [9.17, 15) is 0 Å². The smallest absolute Gasteiger partial charge is 0.247 e. The Morgan fingerprint density at radius 2 is 2.14 bits per heavy atom. The zero-order chi connectivity index (χ0) is 10.1. The zero-order valence-electron chi connectivity index (χ0n) is 8.26. The third kappa shape index (κ3) is 1.43. The number of hydrogen-bond donors (Lipinski definition) is 1. The molecule has 74 valence electrons. The first-order valence-electron chi connectivity index (χ1n) is 4.16. The molecule has 0 aliphatic heterocycles. The van der Waals surface area contributed by atoms with Crippen LogP contribution in [0.2, 0.25) is 0 Å². The van der Waals surface area contributed by atoms with E-state index < -0.39 is 0 Å². The van der Waals surface area contributed by atoms with Crippen molar-refractivity contribution in [2.75, 3.05) is 5.32 Å². The van der Waals surface area contributed by atoms with Gasteiger partial charge in [0, 0.05) is 20.3 Å². The molecule has 2 aromatic rings. The molecule has 0 unspecified atom stereocenters. The van der Waals surface area contributed by atoms with Crippen molar-refractivity contribution >= 4 is 11.6 Å². The first kappa shape index (κ1) is 8.67. The van der Waals surface area contributed by atoms with Gasteiger partial charge < -0.3 is 5.32 Å². The summed E-state index contributed by atoms with van der Waals surface area (Å²) in [4.78, 5) is 0. The molecule has 0 saturated heterocycles. The molecular weight excluding hydrogens is 182 g/mol. The van der Waals surface area contributed by atoms with Gasteiger partial charge in [-0.2, -0.15) is 5.10 Å². The number of aryl methyl sites for hydroxylation is 3. The van der Waals surface area contributed by atoms with Crippen molar-refractivity contribution < 1.29 is 0 Å². The van der Waals surface area contributed by atoms with Crippen molar-refractivity contribution in [3.63, 3.8) is 0 Å². The maximum Gasteiger partial charge on any atom is 0.247 e. The Morgan fingerprint density at radius 3 is 2.64 bits per heavy atom. The van der Waals surface area contributed by atoms with Crippen LogP contribution in [0.3, 0.4) is 0 Å². The van der Waals surface area contributed by atoms with Crippen molar-refractivity contribution in [1.82, 2.24) is 30.0 Å². The quantitative estimate of drug-likeness (QED) is 0.726. The average molecular weight is 193 g/mol. The van der Waals surface area contributed by atoms with Gasteiger partial charge in [0.1, 0.15) is 0 Å². The normalized spacial score (nSPS) is 10.5. The van der Waals surface area contributed by atoms with Gasteiger partial charge in [-0.1, -0.05) is 5.10 Å². The van der Waals surface area contributed by atoms with Crippen molar-refractivity contribution in [2.45, 2.75) is 6.92 Å². The van der Waals surface area contributed by atoms with E-state index in [2.05, 4.69) is 25.9 Å². The summed E-state index contributed by atoms with van der Waals surface area (Å²) < 4.78 is 3.30. The Bertz CT molecular complexity index is 441. The molecule has 0 aromatic carbocycles. The number of tetrazole rings is 1. The third-order valence-corrected chi connectivity index (χ3v) is 1.88. The predicted octanol–water partition coefficient (Wildman–Crippen LogP) is -0.00438. The Labute approximate surface area is 80.7 Å². The maximum absolute atomic E-state index is 4.20. The first-order chi connectivity index (χ1) is 6.66. The second-order valence-corrected chi connectivity index (χ2v) is 3.05. The van der Waals surface area contributed by atoms with Crippen molar-refractivity contribution in [3.8, 4) is 0 Å². The summed E-state index contributed by atoms with van der Waals surface area (Å²) >= 11 is 0. The molecule has 14 heavy (non-hydrogen) atoms. The minimum absolute atomic E-state index is 0.598. The molecule has 2 rings (SSSR count). The van der Waals surface area contributed by atoms with E-state index in [1.54, 1.807) is 16.4 Å². The maximum atomic E-state index is 4.20. The van der Waals surface area contributed by atoms with E-state index in [0.29, 0.717) is 5.95 Å². The molecular formula is C7H11N7. The van der Waals surface area contributed by atoms with E-state index in [0.717, 1.165) is 11.4 Å². The van der Waals surface area contributed by atoms with Crippen LogP contribution in [0.25, 0.3) is 0 Å². The summed E-state index contributed by atoms with van der Waals surface area (Å²) in [5.74, 6) is 0.598. The lowest BCUT2D eigenvalue weighted by molar-refractivity contribution is 0.715. The van der Waals surface area contributed by atoms with Crippen LogP contribution < -0.4 is 5.32 Å². The fourth-order valence-electron chi connectivity index (χ4n) is 1.18. The number of anilines is 2. The van der Waals surface area contributed by atoms with Gasteiger partial charge in [-0.15, -0.1) is 0 Å². The van der Waals surface area contributed by atoms with Crippen LogP contribution in [0.4, 0.5) is 11.6 Å². The van der Waals surface area contributed by atoms with Gasteiger partial charge >= 0.3 is 0 Å². The molecule has 0 aliphatic carbocycles. The van der Waals surface area contributed by atoms with Gasteiger partial charge in [-0.3, -0.25) is 4.68 Å². The second-order valence-electron chi connectivity index (χ2n) is 3.05. The zero-order valence-corrected chi connectivity index (χ0v) is 8.26. The molecule has 2 aromatic heterocycles. The number of nitrogens with zero attached hydrogens (tertiary/aromatic N) is 6. The lowest BCUT2D eigenvalue weighted by Crippen LogP contribution is -2.00. The lowest BCUT2D eigenvalue weighted by Gasteiger charge is -2.00. The topological polar surface area (TPSA) is 73.5 Å². The Balaban J connectivity index is 2.27. The van der Waals surface area contributed by atoms with Crippen molar-refractivity contribution in [3.05, 3.63) is 11.9 Å². The summed E-state index contributed by atoms with van der Waals surface area (Å²) in [5, 5.41) is 18.3. The molecule has 0 spiro atoms. The lowest BCUT2D eigenvalue weighted by atomic mass is 10.4. The van der Waals surface area contributed by atoms with Crippen LogP contribution in [0.15, 0.2) is 6.20 Å². The van der Waals surface area contributed by atoms with Crippen LogP contribution in [0.1, 0.15) is 5.69 Å². The van der Waals surface area contributed by atoms with Gasteiger partial charge in [0.2, 0.25) is 5.95 Å². The van der Waals surface area contributed by atoms with E-state index in [1.807, 2.05) is 20.2 Å². The fraction of sp³-hybridized carbons (Fsp3) is 0.429. The van der Waals surface area contributed by atoms with Gasteiger partial charge in [-0.05, 0) is 17.4 Å². The van der Waals surface area contributed by atoms with Crippen LogP contribution in [-0.2, 0) is 14.1 Å². The molecule has 0 aliphatic rings.